The number of benzene rings is 2. The third-order valence-corrected chi connectivity index (χ3v) is 4.05. The number of carboxylic acid groups (broad SMARTS) is 1. The highest BCUT2D eigenvalue weighted by Gasteiger charge is 2.15. The standard InChI is InChI=1S/C20H17N3O6/c1-29-13-5-2-11(3-6-13)8-17-21-15(10-18(25)23-17)19(26)22-14-9-12(20(27)28)4-7-16(14)24/h2-7,9-10,24H,8H2,1H3,(H,22,26)(H,27,28)(H,21,23,25). The third-order valence-electron chi connectivity index (χ3n) is 4.05. The lowest BCUT2D eigenvalue weighted by Gasteiger charge is -2.09. The zero-order chi connectivity index (χ0) is 21.0. The first-order chi connectivity index (χ1) is 13.9. The summed E-state index contributed by atoms with van der Waals surface area (Å²) in [5.74, 6) is -1.32. The van der Waals surface area contributed by atoms with Gasteiger partial charge in [-0.05, 0) is 35.9 Å². The van der Waals surface area contributed by atoms with Crippen molar-refractivity contribution < 1.29 is 24.5 Å². The van der Waals surface area contributed by atoms with E-state index in [4.69, 9.17) is 9.84 Å². The summed E-state index contributed by atoms with van der Waals surface area (Å²) >= 11 is 0. The van der Waals surface area contributed by atoms with Crippen LogP contribution in [-0.4, -0.2) is 39.2 Å². The van der Waals surface area contributed by atoms with Crippen molar-refractivity contribution >= 4 is 17.6 Å². The van der Waals surface area contributed by atoms with E-state index in [2.05, 4.69) is 15.3 Å². The van der Waals surface area contributed by atoms with Gasteiger partial charge in [0.1, 0.15) is 23.0 Å². The van der Waals surface area contributed by atoms with Gasteiger partial charge in [0.05, 0.1) is 18.4 Å². The van der Waals surface area contributed by atoms with Gasteiger partial charge in [-0.25, -0.2) is 9.78 Å². The summed E-state index contributed by atoms with van der Waals surface area (Å²) in [5.41, 5.74) is -0.0567. The number of phenolic OH excluding ortho intramolecular Hbond substituents is 1. The molecule has 1 amide bonds. The number of nitrogens with one attached hydrogen (secondary N) is 2. The number of nitrogens with zero attached hydrogens (tertiary/aromatic N) is 1. The zero-order valence-corrected chi connectivity index (χ0v) is 15.3. The molecule has 29 heavy (non-hydrogen) atoms. The largest absolute Gasteiger partial charge is 0.506 e. The van der Waals surface area contributed by atoms with Crippen molar-refractivity contribution in [1.82, 2.24) is 9.97 Å². The number of hydrogen-bond donors (Lipinski definition) is 4. The topological polar surface area (TPSA) is 142 Å². The van der Waals surface area contributed by atoms with Gasteiger partial charge in [0.15, 0.2) is 0 Å². The van der Waals surface area contributed by atoms with Crippen LogP contribution in [0.3, 0.4) is 0 Å². The van der Waals surface area contributed by atoms with E-state index in [1.54, 1.807) is 31.4 Å². The van der Waals surface area contributed by atoms with Crippen LogP contribution in [0.2, 0.25) is 0 Å². The second kappa shape index (κ2) is 8.26. The normalized spacial score (nSPS) is 10.4. The lowest BCUT2D eigenvalue weighted by Crippen LogP contribution is -2.20. The van der Waals surface area contributed by atoms with Crippen LogP contribution in [0.15, 0.2) is 53.3 Å². The van der Waals surface area contributed by atoms with Gasteiger partial charge < -0.3 is 25.3 Å². The molecule has 0 atom stereocenters. The van der Waals surface area contributed by atoms with Crippen LogP contribution in [0.5, 0.6) is 11.5 Å². The van der Waals surface area contributed by atoms with Crippen molar-refractivity contribution in [3.8, 4) is 11.5 Å². The Morgan fingerprint density at radius 3 is 2.52 bits per heavy atom. The fourth-order valence-corrected chi connectivity index (χ4v) is 2.60. The molecule has 3 rings (SSSR count). The molecule has 1 aromatic heterocycles. The number of carboxylic acids is 1. The summed E-state index contributed by atoms with van der Waals surface area (Å²) in [6.07, 6.45) is 0.278. The minimum Gasteiger partial charge on any atom is -0.506 e. The van der Waals surface area contributed by atoms with Crippen molar-refractivity contribution in [3.05, 3.63) is 81.5 Å². The fourth-order valence-electron chi connectivity index (χ4n) is 2.60. The first kappa shape index (κ1) is 19.6. The highest BCUT2D eigenvalue weighted by molar-refractivity contribution is 6.04. The monoisotopic (exact) mass is 395 g/mol. The molecule has 3 aromatic rings. The number of rotatable bonds is 6. The maximum atomic E-state index is 12.5. The summed E-state index contributed by atoms with van der Waals surface area (Å²) in [4.78, 5) is 42.2. The van der Waals surface area contributed by atoms with Gasteiger partial charge >= 0.3 is 5.97 Å². The Morgan fingerprint density at radius 2 is 1.86 bits per heavy atom. The van der Waals surface area contributed by atoms with E-state index in [0.29, 0.717) is 5.75 Å². The second-order valence-corrected chi connectivity index (χ2v) is 6.09. The van der Waals surface area contributed by atoms with E-state index in [1.807, 2.05) is 0 Å². The number of aromatic hydroxyl groups is 1. The predicted octanol–water partition coefficient (Wildman–Crippen LogP) is 2.03. The van der Waals surface area contributed by atoms with E-state index in [0.717, 1.165) is 23.8 Å². The Labute approximate surface area is 164 Å². The summed E-state index contributed by atoms with van der Waals surface area (Å²) < 4.78 is 5.09. The molecule has 9 nitrogen and oxygen atoms in total. The van der Waals surface area contributed by atoms with E-state index in [-0.39, 0.29) is 34.9 Å². The summed E-state index contributed by atoms with van der Waals surface area (Å²) in [5, 5.41) is 21.3. The van der Waals surface area contributed by atoms with Crippen LogP contribution in [0.25, 0.3) is 0 Å². The molecule has 0 saturated heterocycles. The van der Waals surface area contributed by atoms with Crippen molar-refractivity contribution in [2.45, 2.75) is 6.42 Å². The number of phenols is 1. The third kappa shape index (κ3) is 4.78. The Hall–Kier alpha value is -4.14. The first-order valence-electron chi connectivity index (χ1n) is 8.46. The molecule has 0 bridgehead atoms. The van der Waals surface area contributed by atoms with Crippen molar-refractivity contribution in [2.24, 2.45) is 0 Å². The summed E-state index contributed by atoms with van der Waals surface area (Å²) in [7, 11) is 1.56. The zero-order valence-electron chi connectivity index (χ0n) is 15.3. The number of carbonyl (C=O) groups is 2. The number of aromatic carboxylic acids is 1. The number of hydrogen-bond acceptors (Lipinski definition) is 6. The smallest absolute Gasteiger partial charge is 0.335 e. The molecule has 0 aliphatic rings. The molecule has 1 heterocycles. The Kier molecular flexibility index (Phi) is 5.59. The number of anilines is 1. The summed E-state index contributed by atoms with van der Waals surface area (Å²) in [6.45, 7) is 0. The number of ether oxygens (including phenoxy) is 1. The molecular weight excluding hydrogens is 378 g/mol. The summed E-state index contributed by atoms with van der Waals surface area (Å²) in [6, 6.07) is 11.6. The highest BCUT2D eigenvalue weighted by atomic mass is 16.5. The number of aromatic amines is 1. The molecule has 9 heteroatoms. The lowest BCUT2D eigenvalue weighted by atomic mass is 10.1. The Balaban J connectivity index is 1.83. The van der Waals surface area contributed by atoms with E-state index in [9.17, 15) is 19.5 Å². The van der Waals surface area contributed by atoms with Gasteiger partial charge in [0.25, 0.3) is 11.5 Å². The Bertz CT molecular complexity index is 1120. The minimum atomic E-state index is -1.21. The maximum absolute atomic E-state index is 12.5. The van der Waals surface area contributed by atoms with Crippen LogP contribution in [0, 0.1) is 0 Å². The molecule has 0 fully saturated rings. The SMILES string of the molecule is COc1ccc(Cc2nc(C(=O)Nc3cc(C(=O)O)ccc3O)cc(=O)[nH]2)cc1. The average molecular weight is 395 g/mol. The van der Waals surface area contributed by atoms with Gasteiger partial charge in [-0.15, -0.1) is 0 Å². The minimum absolute atomic E-state index is 0.103. The number of H-pyrrole nitrogens is 1. The molecular formula is C20H17N3O6. The van der Waals surface area contributed by atoms with E-state index < -0.39 is 17.4 Å². The molecule has 0 radical (unpaired) electrons. The molecule has 0 unspecified atom stereocenters. The molecule has 0 aliphatic carbocycles. The van der Waals surface area contributed by atoms with Gasteiger partial charge in [-0.1, -0.05) is 12.1 Å². The average Bonchev–Trinajstić information content (AvgIpc) is 2.69. The van der Waals surface area contributed by atoms with Crippen LogP contribution in [0.1, 0.15) is 32.2 Å². The molecule has 148 valence electrons. The van der Waals surface area contributed by atoms with E-state index >= 15 is 0 Å². The molecule has 0 saturated carbocycles. The first-order valence-corrected chi connectivity index (χ1v) is 8.46. The van der Waals surface area contributed by atoms with Gasteiger partial charge in [0.2, 0.25) is 0 Å². The van der Waals surface area contributed by atoms with Crippen LogP contribution >= 0.6 is 0 Å². The number of aromatic nitrogens is 2. The van der Waals surface area contributed by atoms with Crippen LogP contribution < -0.4 is 15.6 Å². The maximum Gasteiger partial charge on any atom is 0.335 e. The molecule has 0 spiro atoms. The van der Waals surface area contributed by atoms with E-state index in [1.165, 1.54) is 6.07 Å². The quantitative estimate of drug-likeness (QED) is 0.468. The molecule has 2 aromatic carbocycles. The lowest BCUT2D eigenvalue weighted by molar-refractivity contribution is 0.0696. The highest BCUT2D eigenvalue weighted by Crippen LogP contribution is 2.24. The number of carbonyl (C=O) groups excluding carboxylic acids is 1. The van der Waals surface area contributed by atoms with Crippen molar-refractivity contribution in [2.75, 3.05) is 12.4 Å². The Morgan fingerprint density at radius 1 is 1.14 bits per heavy atom. The molecule has 4 N–H and O–H groups in total. The van der Waals surface area contributed by atoms with Crippen molar-refractivity contribution in [3.63, 3.8) is 0 Å². The molecule has 0 aliphatic heterocycles. The van der Waals surface area contributed by atoms with Crippen molar-refractivity contribution in [1.29, 1.82) is 0 Å². The van der Waals surface area contributed by atoms with Gasteiger partial charge in [-0.3, -0.25) is 9.59 Å². The number of amides is 1. The second-order valence-electron chi connectivity index (χ2n) is 6.09. The van der Waals surface area contributed by atoms with Crippen LogP contribution in [0.4, 0.5) is 5.69 Å². The van der Waals surface area contributed by atoms with Crippen LogP contribution in [-0.2, 0) is 6.42 Å². The van der Waals surface area contributed by atoms with Gasteiger partial charge in [0, 0.05) is 12.5 Å². The number of methoxy groups -OCH3 is 1. The fraction of sp³-hybridized carbons (Fsp3) is 0.100. The van der Waals surface area contributed by atoms with Gasteiger partial charge in [-0.2, -0.15) is 0 Å². The predicted molar refractivity (Wildman–Crippen MR) is 104 cm³/mol.